The normalized spacial score (nSPS) is 11.4. The number of carbonyl (C=O) groups excluding carboxylic acids is 1. The van der Waals surface area contributed by atoms with Crippen molar-refractivity contribution in [3.05, 3.63) is 34.9 Å². The minimum atomic E-state index is -0.573. The van der Waals surface area contributed by atoms with Gasteiger partial charge in [0.25, 0.3) is 5.91 Å². The number of carbonyl (C=O) groups is 1. The fraction of sp³-hybridized carbons (Fsp3) is 0.462. The summed E-state index contributed by atoms with van der Waals surface area (Å²) in [5.74, 6) is 0.440. The first-order valence-electron chi connectivity index (χ1n) is 5.44. The number of hydrogen-bond acceptors (Lipinski definition) is 1. The molecule has 0 aliphatic carbocycles. The van der Waals surface area contributed by atoms with Gasteiger partial charge < -0.3 is 5.32 Å². The van der Waals surface area contributed by atoms with Gasteiger partial charge in [0, 0.05) is 17.3 Å². The summed E-state index contributed by atoms with van der Waals surface area (Å²) >= 11 is 11.6. The molecule has 1 rings (SSSR count). The van der Waals surface area contributed by atoms with Gasteiger partial charge in [-0.05, 0) is 38.0 Å². The van der Waals surface area contributed by atoms with Gasteiger partial charge in [0.05, 0.1) is 5.54 Å². The molecule has 0 aromatic heterocycles. The van der Waals surface area contributed by atoms with Crippen LogP contribution in [0.4, 0.5) is 0 Å². The fourth-order valence-electron chi connectivity index (χ4n) is 1.44. The van der Waals surface area contributed by atoms with E-state index in [9.17, 15) is 4.79 Å². The lowest BCUT2D eigenvalue weighted by atomic mass is 10.0. The van der Waals surface area contributed by atoms with Gasteiger partial charge in [-0.15, -0.1) is 23.2 Å². The summed E-state index contributed by atoms with van der Waals surface area (Å²) in [4.78, 5) is 12.1. The third-order valence-corrected chi connectivity index (χ3v) is 4.03. The van der Waals surface area contributed by atoms with Crippen molar-refractivity contribution in [2.45, 2.75) is 26.3 Å². The van der Waals surface area contributed by atoms with Gasteiger partial charge in [-0.3, -0.25) is 4.79 Å². The van der Waals surface area contributed by atoms with Crippen LogP contribution in [0.15, 0.2) is 18.2 Å². The molecule has 0 unspecified atom stereocenters. The third kappa shape index (κ3) is 3.36. The van der Waals surface area contributed by atoms with Crippen molar-refractivity contribution in [3.8, 4) is 0 Å². The Morgan fingerprint density at radius 2 is 1.88 bits per heavy atom. The molecule has 0 fully saturated rings. The number of rotatable bonds is 4. The third-order valence-electron chi connectivity index (χ3n) is 2.85. The van der Waals surface area contributed by atoms with Crippen molar-refractivity contribution in [2.75, 3.05) is 11.8 Å². The van der Waals surface area contributed by atoms with Crippen LogP contribution in [0, 0.1) is 13.8 Å². The van der Waals surface area contributed by atoms with Crippen LogP contribution in [-0.2, 0) is 0 Å². The van der Waals surface area contributed by atoms with Gasteiger partial charge in [-0.1, -0.05) is 12.1 Å². The van der Waals surface area contributed by atoms with E-state index >= 15 is 0 Å². The second kappa shape index (κ2) is 5.74. The lowest BCUT2D eigenvalue weighted by Gasteiger charge is -2.26. The first-order chi connectivity index (χ1) is 7.93. The minimum absolute atomic E-state index is 0.130. The molecule has 0 heterocycles. The lowest BCUT2D eigenvalue weighted by Crippen LogP contribution is -2.49. The molecule has 1 aromatic carbocycles. The van der Waals surface area contributed by atoms with E-state index in [4.69, 9.17) is 23.2 Å². The van der Waals surface area contributed by atoms with Crippen molar-refractivity contribution in [3.63, 3.8) is 0 Å². The number of amides is 1. The average molecular weight is 274 g/mol. The van der Waals surface area contributed by atoms with E-state index in [0.29, 0.717) is 5.56 Å². The molecule has 1 aromatic rings. The zero-order chi connectivity index (χ0) is 13.1. The Morgan fingerprint density at radius 3 is 2.41 bits per heavy atom. The van der Waals surface area contributed by atoms with Gasteiger partial charge >= 0.3 is 0 Å². The summed E-state index contributed by atoms with van der Waals surface area (Å²) in [5.41, 5.74) is 2.18. The predicted octanol–water partition coefficient (Wildman–Crippen LogP) is 3.27. The largest absolute Gasteiger partial charge is 0.344 e. The molecule has 17 heavy (non-hydrogen) atoms. The average Bonchev–Trinajstić information content (AvgIpc) is 2.32. The molecule has 0 radical (unpaired) electrons. The number of nitrogens with one attached hydrogen (secondary N) is 1. The summed E-state index contributed by atoms with van der Waals surface area (Å²) in [5, 5.41) is 2.87. The molecule has 94 valence electrons. The number of benzene rings is 1. The molecule has 1 amide bonds. The molecule has 2 nitrogen and oxygen atoms in total. The highest BCUT2D eigenvalue weighted by atomic mass is 35.5. The zero-order valence-corrected chi connectivity index (χ0v) is 11.8. The highest BCUT2D eigenvalue weighted by Crippen LogP contribution is 2.15. The van der Waals surface area contributed by atoms with Crippen LogP contribution in [0.3, 0.4) is 0 Å². The summed E-state index contributed by atoms with van der Waals surface area (Å²) in [6, 6.07) is 5.66. The maximum atomic E-state index is 12.1. The van der Waals surface area contributed by atoms with Crippen molar-refractivity contribution in [1.29, 1.82) is 0 Å². The Hall–Kier alpha value is -0.730. The number of halogens is 2. The number of alkyl halides is 2. The smallest absolute Gasteiger partial charge is 0.252 e. The first-order valence-corrected chi connectivity index (χ1v) is 6.51. The van der Waals surface area contributed by atoms with Gasteiger partial charge in [-0.2, -0.15) is 0 Å². The van der Waals surface area contributed by atoms with Crippen LogP contribution >= 0.6 is 23.2 Å². The fourth-order valence-corrected chi connectivity index (χ4v) is 1.86. The lowest BCUT2D eigenvalue weighted by molar-refractivity contribution is 0.0920. The zero-order valence-electron chi connectivity index (χ0n) is 10.3. The Morgan fingerprint density at radius 1 is 1.29 bits per heavy atom. The molecule has 0 atom stereocenters. The SMILES string of the molecule is Cc1cccc(C(=O)NC(C)(CCl)CCl)c1C. The van der Waals surface area contributed by atoms with Crippen LogP contribution in [0.2, 0.25) is 0 Å². The molecule has 0 aliphatic rings. The number of aryl methyl sites for hydroxylation is 1. The highest BCUT2D eigenvalue weighted by molar-refractivity contribution is 6.22. The van der Waals surface area contributed by atoms with E-state index in [1.54, 1.807) is 6.07 Å². The van der Waals surface area contributed by atoms with Crippen LogP contribution in [0.1, 0.15) is 28.4 Å². The van der Waals surface area contributed by atoms with Gasteiger partial charge in [0.2, 0.25) is 0 Å². The molecule has 0 saturated carbocycles. The van der Waals surface area contributed by atoms with Crippen LogP contribution in [0.25, 0.3) is 0 Å². The minimum Gasteiger partial charge on any atom is -0.344 e. The summed E-state index contributed by atoms with van der Waals surface area (Å²) < 4.78 is 0. The molecule has 0 saturated heterocycles. The van der Waals surface area contributed by atoms with E-state index in [0.717, 1.165) is 11.1 Å². The maximum Gasteiger partial charge on any atom is 0.252 e. The van der Waals surface area contributed by atoms with Crippen molar-refractivity contribution in [2.24, 2.45) is 0 Å². The Kier molecular flexibility index (Phi) is 4.84. The van der Waals surface area contributed by atoms with Crippen molar-refractivity contribution in [1.82, 2.24) is 5.32 Å². The molecule has 0 aliphatic heterocycles. The molecule has 4 heteroatoms. The number of hydrogen-bond donors (Lipinski definition) is 1. The second-order valence-electron chi connectivity index (χ2n) is 4.53. The predicted molar refractivity (Wildman–Crippen MR) is 73.2 cm³/mol. The van der Waals surface area contributed by atoms with E-state index < -0.39 is 5.54 Å². The maximum absolute atomic E-state index is 12.1. The Balaban J connectivity index is 2.94. The second-order valence-corrected chi connectivity index (χ2v) is 5.06. The molecular weight excluding hydrogens is 257 g/mol. The highest BCUT2D eigenvalue weighted by Gasteiger charge is 2.25. The monoisotopic (exact) mass is 273 g/mol. The molecule has 0 spiro atoms. The summed E-state index contributed by atoms with van der Waals surface area (Å²) in [6.45, 7) is 5.74. The topological polar surface area (TPSA) is 29.1 Å². The Labute approximate surface area is 112 Å². The van der Waals surface area contributed by atoms with E-state index in [1.165, 1.54) is 0 Å². The van der Waals surface area contributed by atoms with Gasteiger partial charge in [0.15, 0.2) is 0 Å². The van der Waals surface area contributed by atoms with E-state index in [-0.39, 0.29) is 17.7 Å². The van der Waals surface area contributed by atoms with E-state index in [1.807, 2.05) is 32.9 Å². The van der Waals surface area contributed by atoms with Crippen LogP contribution in [-0.4, -0.2) is 23.2 Å². The quantitative estimate of drug-likeness (QED) is 0.839. The van der Waals surface area contributed by atoms with Gasteiger partial charge in [-0.25, -0.2) is 0 Å². The standard InChI is InChI=1S/C13H17Cl2NO/c1-9-5-4-6-11(10(9)2)12(17)16-13(3,7-14)8-15/h4-6H,7-8H2,1-3H3,(H,16,17). The molecule has 0 bridgehead atoms. The van der Waals surface area contributed by atoms with E-state index in [2.05, 4.69) is 5.32 Å². The van der Waals surface area contributed by atoms with Crippen molar-refractivity contribution < 1.29 is 4.79 Å². The van der Waals surface area contributed by atoms with Crippen LogP contribution < -0.4 is 5.32 Å². The molecule has 1 N–H and O–H groups in total. The first kappa shape index (κ1) is 14.3. The van der Waals surface area contributed by atoms with Gasteiger partial charge in [0.1, 0.15) is 0 Å². The molecular formula is C13H17Cl2NO. The summed E-state index contributed by atoms with van der Waals surface area (Å²) in [6.07, 6.45) is 0. The van der Waals surface area contributed by atoms with Crippen LogP contribution in [0.5, 0.6) is 0 Å². The van der Waals surface area contributed by atoms with Crippen molar-refractivity contribution >= 4 is 29.1 Å². The Bertz CT molecular complexity index is 414. The summed E-state index contributed by atoms with van der Waals surface area (Å²) in [7, 11) is 0.